The van der Waals surface area contributed by atoms with Crippen molar-refractivity contribution in [2.24, 2.45) is 0 Å². The second-order valence-corrected chi connectivity index (χ2v) is 4.80. The zero-order valence-electron chi connectivity index (χ0n) is 8.45. The van der Waals surface area contributed by atoms with Gasteiger partial charge in [-0.15, -0.1) is 11.3 Å². The summed E-state index contributed by atoms with van der Waals surface area (Å²) in [7, 11) is 0. The van der Waals surface area contributed by atoms with Crippen molar-refractivity contribution in [3.8, 4) is 0 Å². The number of rotatable bonds is 2. The lowest BCUT2D eigenvalue weighted by atomic mass is 10.1. The standard InChI is InChI=1S/C11H15NOS/c1-9(13)10-5-6-11(14-10)12-7-3-2-4-8-12/h5-6H,2-4,7-8H2,1H3. The topological polar surface area (TPSA) is 20.3 Å². The number of carbonyl (C=O) groups excluding carboxylic acids is 1. The Hall–Kier alpha value is -0.830. The van der Waals surface area contributed by atoms with E-state index in [1.165, 1.54) is 24.3 Å². The van der Waals surface area contributed by atoms with Crippen LogP contribution in [0.4, 0.5) is 5.00 Å². The molecule has 2 rings (SSSR count). The summed E-state index contributed by atoms with van der Waals surface area (Å²) in [4.78, 5) is 14.4. The van der Waals surface area contributed by atoms with Gasteiger partial charge in [0.1, 0.15) is 0 Å². The van der Waals surface area contributed by atoms with Crippen LogP contribution >= 0.6 is 11.3 Å². The van der Waals surface area contributed by atoms with Crippen LogP contribution in [0.5, 0.6) is 0 Å². The molecule has 14 heavy (non-hydrogen) atoms. The summed E-state index contributed by atoms with van der Waals surface area (Å²) in [6, 6.07) is 4.02. The molecule has 2 nitrogen and oxygen atoms in total. The Morgan fingerprint density at radius 1 is 1.29 bits per heavy atom. The largest absolute Gasteiger partial charge is 0.363 e. The number of thiophene rings is 1. The van der Waals surface area contributed by atoms with Gasteiger partial charge in [-0.3, -0.25) is 4.79 Å². The fraction of sp³-hybridized carbons (Fsp3) is 0.545. The molecule has 2 heterocycles. The van der Waals surface area contributed by atoms with Gasteiger partial charge in [0.05, 0.1) is 9.88 Å². The molecule has 0 atom stereocenters. The second-order valence-electron chi connectivity index (χ2n) is 3.74. The van der Waals surface area contributed by atoms with Crippen molar-refractivity contribution in [2.75, 3.05) is 18.0 Å². The van der Waals surface area contributed by atoms with Crippen LogP contribution in [0.1, 0.15) is 35.9 Å². The Kier molecular flexibility index (Phi) is 2.87. The summed E-state index contributed by atoms with van der Waals surface area (Å²) in [5, 5.41) is 1.26. The summed E-state index contributed by atoms with van der Waals surface area (Å²) in [5.74, 6) is 0.179. The minimum Gasteiger partial charge on any atom is -0.363 e. The smallest absolute Gasteiger partial charge is 0.169 e. The van der Waals surface area contributed by atoms with E-state index >= 15 is 0 Å². The average molecular weight is 209 g/mol. The van der Waals surface area contributed by atoms with Crippen molar-refractivity contribution in [1.29, 1.82) is 0 Å². The third-order valence-electron chi connectivity index (χ3n) is 2.61. The first kappa shape index (κ1) is 9.71. The van der Waals surface area contributed by atoms with Gasteiger partial charge in [-0.1, -0.05) is 0 Å². The molecular formula is C11H15NOS. The van der Waals surface area contributed by atoms with Gasteiger partial charge < -0.3 is 4.90 Å². The molecule has 3 heteroatoms. The molecule has 0 radical (unpaired) electrons. The Bertz CT molecular complexity index is 326. The van der Waals surface area contributed by atoms with Crippen LogP contribution in [0.15, 0.2) is 12.1 Å². The lowest BCUT2D eigenvalue weighted by Crippen LogP contribution is -2.28. The van der Waals surface area contributed by atoms with Crippen LogP contribution in [0.3, 0.4) is 0 Å². The number of Topliss-reactive ketones (excluding diaryl/α,β-unsaturated/α-hetero) is 1. The molecule has 0 bridgehead atoms. The molecule has 0 unspecified atom stereocenters. The van der Waals surface area contributed by atoms with Gasteiger partial charge in [-0.05, 0) is 38.3 Å². The summed E-state index contributed by atoms with van der Waals surface area (Å²) >= 11 is 1.62. The molecule has 1 aromatic rings. The molecule has 0 saturated carbocycles. The highest BCUT2D eigenvalue weighted by Gasteiger charge is 2.13. The molecule has 1 aromatic heterocycles. The molecular weight excluding hydrogens is 194 g/mol. The van der Waals surface area contributed by atoms with Crippen LogP contribution in [-0.4, -0.2) is 18.9 Å². The van der Waals surface area contributed by atoms with E-state index in [9.17, 15) is 4.79 Å². The molecule has 76 valence electrons. The second kappa shape index (κ2) is 4.13. The fourth-order valence-electron chi connectivity index (χ4n) is 1.80. The summed E-state index contributed by atoms with van der Waals surface area (Å²) in [6.07, 6.45) is 3.92. The first-order valence-electron chi connectivity index (χ1n) is 5.13. The van der Waals surface area contributed by atoms with E-state index in [2.05, 4.69) is 11.0 Å². The van der Waals surface area contributed by atoms with Gasteiger partial charge in [-0.25, -0.2) is 0 Å². The van der Waals surface area contributed by atoms with Gasteiger partial charge in [0.15, 0.2) is 5.78 Å². The van der Waals surface area contributed by atoms with Crippen LogP contribution in [0, 0.1) is 0 Å². The SMILES string of the molecule is CC(=O)c1ccc(N2CCCCC2)s1. The van der Waals surface area contributed by atoms with Crippen molar-refractivity contribution >= 4 is 22.1 Å². The van der Waals surface area contributed by atoms with Gasteiger partial charge in [-0.2, -0.15) is 0 Å². The van der Waals surface area contributed by atoms with Crippen molar-refractivity contribution in [3.63, 3.8) is 0 Å². The van der Waals surface area contributed by atoms with Gasteiger partial charge in [0.25, 0.3) is 0 Å². The number of piperidine rings is 1. The first-order chi connectivity index (χ1) is 6.77. The molecule has 1 fully saturated rings. The van der Waals surface area contributed by atoms with Crippen molar-refractivity contribution < 1.29 is 4.79 Å². The highest BCUT2D eigenvalue weighted by molar-refractivity contribution is 7.18. The van der Waals surface area contributed by atoms with Crippen molar-refractivity contribution in [3.05, 3.63) is 17.0 Å². The van der Waals surface area contributed by atoms with E-state index in [0.717, 1.165) is 18.0 Å². The number of hydrogen-bond donors (Lipinski definition) is 0. The average Bonchev–Trinajstić information content (AvgIpc) is 2.68. The molecule has 0 aromatic carbocycles. The zero-order chi connectivity index (χ0) is 9.97. The molecule has 1 saturated heterocycles. The van der Waals surface area contributed by atoms with Crippen molar-refractivity contribution in [1.82, 2.24) is 0 Å². The third kappa shape index (κ3) is 1.98. The number of nitrogens with zero attached hydrogens (tertiary/aromatic N) is 1. The van der Waals surface area contributed by atoms with E-state index in [-0.39, 0.29) is 5.78 Å². The zero-order valence-corrected chi connectivity index (χ0v) is 9.27. The lowest BCUT2D eigenvalue weighted by molar-refractivity contribution is 0.102. The monoisotopic (exact) mass is 209 g/mol. The Morgan fingerprint density at radius 3 is 2.57 bits per heavy atom. The Labute approximate surface area is 88.5 Å². The molecule has 1 aliphatic rings. The predicted molar refractivity (Wildman–Crippen MR) is 60.4 cm³/mol. The third-order valence-corrected chi connectivity index (χ3v) is 3.85. The van der Waals surface area contributed by atoms with Gasteiger partial charge in [0.2, 0.25) is 0 Å². The number of carbonyl (C=O) groups is 1. The highest BCUT2D eigenvalue weighted by Crippen LogP contribution is 2.28. The molecule has 0 amide bonds. The number of ketones is 1. The van der Waals surface area contributed by atoms with E-state index in [1.807, 2.05) is 6.07 Å². The maximum absolute atomic E-state index is 11.1. The van der Waals surface area contributed by atoms with E-state index in [1.54, 1.807) is 18.3 Å². The van der Waals surface area contributed by atoms with Crippen LogP contribution in [0.2, 0.25) is 0 Å². The number of anilines is 1. The van der Waals surface area contributed by atoms with Crippen LogP contribution in [0.25, 0.3) is 0 Å². The quantitative estimate of drug-likeness (QED) is 0.698. The summed E-state index contributed by atoms with van der Waals surface area (Å²) < 4.78 is 0. The van der Waals surface area contributed by atoms with Gasteiger partial charge in [0, 0.05) is 13.1 Å². The van der Waals surface area contributed by atoms with Crippen LogP contribution in [-0.2, 0) is 0 Å². The minimum absolute atomic E-state index is 0.179. The predicted octanol–water partition coefficient (Wildman–Crippen LogP) is 2.94. The van der Waals surface area contributed by atoms with E-state index in [0.29, 0.717) is 0 Å². The molecule has 0 spiro atoms. The van der Waals surface area contributed by atoms with Crippen LogP contribution < -0.4 is 4.90 Å². The summed E-state index contributed by atoms with van der Waals surface area (Å²) in [5.41, 5.74) is 0. The van der Waals surface area contributed by atoms with Crippen molar-refractivity contribution in [2.45, 2.75) is 26.2 Å². The molecule has 1 aliphatic heterocycles. The minimum atomic E-state index is 0.179. The summed E-state index contributed by atoms with van der Waals surface area (Å²) in [6.45, 7) is 3.93. The highest BCUT2D eigenvalue weighted by atomic mass is 32.1. The molecule has 0 N–H and O–H groups in total. The Balaban J connectivity index is 2.11. The van der Waals surface area contributed by atoms with E-state index in [4.69, 9.17) is 0 Å². The maximum Gasteiger partial charge on any atom is 0.169 e. The molecule has 0 aliphatic carbocycles. The van der Waals surface area contributed by atoms with E-state index < -0.39 is 0 Å². The maximum atomic E-state index is 11.1. The van der Waals surface area contributed by atoms with Gasteiger partial charge >= 0.3 is 0 Å². The fourth-order valence-corrected chi connectivity index (χ4v) is 2.75. The lowest BCUT2D eigenvalue weighted by Gasteiger charge is -2.27. The first-order valence-corrected chi connectivity index (χ1v) is 5.95. The normalized spacial score (nSPS) is 17.1. The number of hydrogen-bond acceptors (Lipinski definition) is 3. The Morgan fingerprint density at radius 2 is 2.00 bits per heavy atom.